The minimum Gasteiger partial charge on any atom is -0.318 e. The van der Waals surface area contributed by atoms with Crippen LogP contribution >= 0.6 is 50.3 Å². The van der Waals surface area contributed by atoms with Crippen molar-refractivity contribution in [1.29, 1.82) is 0 Å². The number of amides is 1. The van der Waals surface area contributed by atoms with Gasteiger partial charge in [0.05, 0.1) is 10.6 Å². The van der Waals surface area contributed by atoms with Gasteiger partial charge < -0.3 is 9.88 Å². The fraction of sp³-hybridized carbons (Fsp3) is 0.200. The number of thioether (sulfide) groups is 1. The number of carbonyl (C=O) groups excluding carboxylic acids is 1. The molecular formula is C25H23BrIN3OS. The zero-order chi connectivity index (χ0) is 23.2. The number of benzene rings is 2. The first-order chi connectivity index (χ1) is 15.1. The van der Waals surface area contributed by atoms with Crippen LogP contribution in [0.3, 0.4) is 0 Å². The first kappa shape index (κ1) is 23.3. The molecular weight excluding hydrogens is 597 g/mol. The van der Waals surface area contributed by atoms with E-state index in [0.29, 0.717) is 10.1 Å². The number of carbonyl (C=O) groups is 1. The summed E-state index contributed by atoms with van der Waals surface area (Å²) < 4.78 is 4.57. The van der Waals surface area contributed by atoms with Crippen molar-refractivity contribution in [3.63, 3.8) is 0 Å². The van der Waals surface area contributed by atoms with E-state index in [0.717, 1.165) is 43.9 Å². The number of rotatable bonds is 3. The zero-order valence-corrected chi connectivity index (χ0v) is 23.1. The van der Waals surface area contributed by atoms with Crippen LogP contribution in [-0.2, 0) is 4.79 Å². The number of amidine groups is 1. The lowest BCUT2D eigenvalue weighted by molar-refractivity contribution is -0.115. The highest BCUT2D eigenvalue weighted by Crippen LogP contribution is 2.32. The van der Waals surface area contributed by atoms with Crippen LogP contribution in [0.2, 0.25) is 0 Å². The monoisotopic (exact) mass is 619 g/mol. The predicted octanol–water partition coefficient (Wildman–Crippen LogP) is 7.28. The van der Waals surface area contributed by atoms with Gasteiger partial charge in [-0.25, -0.2) is 4.99 Å². The first-order valence-corrected chi connectivity index (χ1v) is 12.8. The summed E-state index contributed by atoms with van der Waals surface area (Å²) in [4.78, 5) is 17.9. The molecule has 1 fully saturated rings. The van der Waals surface area contributed by atoms with Gasteiger partial charge >= 0.3 is 0 Å². The van der Waals surface area contributed by atoms with E-state index in [9.17, 15) is 4.79 Å². The number of halogens is 2. The van der Waals surface area contributed by atoms with Crippen molar-refractivity contribution < 1.29 is 4.79 Å². The molecule has 1 amide bonds. The second kappa shape index (κ2) is 9.19. The maximum absolute atomic E-state index is 12.6. The summed E-state index contributed by atoms with van der Waals surface area (Å²) in [5, 5.41) is 3.50. The van der Waals surface area contributed by atoms with E-state index in [-0.39, 0.29) is 5.91 Å². The predicted molar refractivity (Wildman–Crippen MR) is 147 cm³/mol. The van der Waals surface area contributed by atoms with Gasteiger partial charge in [0.2, 0.25) is 0 Å². The lowest BCUT2D eigenvalue weighted by atomic mass is 10.1. The molecule has 2 aromatic carbocycles. The van der Waals surface area contributed by atoms with Gasteiger partial charge in [-0.05, 0) is 134 Å². The Morgan fingerprint density at radius 3 is 2.38 bits per heavy atom. The molecule has 2 heterocycles. The molecule has 1 saturated heterocycles. The Morgan fingerprint density at radius 2 is 1.72 bits per heavy atom. The Bertz CT molecular complexity index is 1300. The number of nitrogens with zero attached hydrogens (tertiary/aromatic N) is 2. The Labute approximate surface area is 214 Å². The third-order valence-corrected chi connectivity index (χ3v) is 8.83. The molecule has 7 heteroatoms. The van der Waals surface area contributed by atoms with Crippen molar-refractivity contribution in [2.45, 2.75) is 34.6 Å². The number of hydrogen-bond acceptors (Lipinski definition) is 3. The van der Waals surface area contributed by atoms with Gasteiger partial charge in [-0.15, -0.1) is 0 Å². The number of aromatic nitrogens is 1. The van der Waals surface area contributed by atoms with Crippen molar-refractivity contribution in [3.8, 4) is 5.69 Å². The zero-order valence-electron chi connectivity index (χ0n) is 18.5. The molecule has 1 N–H and O–H groups in total. The van der Waals surface area contributed by atoms with Crippen LogP contribution in [0.1, 0.15) is 33.6 Å². The molecule has 1 aliphatic heterocycles. The fourth-order valence-corrected chi connectivity index (χ4v) is 5.22. The first-order valence-electron chi connectivity index (χ1n) is 10.2. The number of aryl methyl sites for hydroxylation is 4. The van der Waals surface area contributed by atoms with Crippen LogP contribution < -0.4 is 5.32 Å². The van der Waals surface area contributed by atoms with Gasteiger partial charge in [0.1, 0.15) is 0 Å². The van der Waals surface area contributed by atoms with Crippen molar-refractivity contribution in [3.05, 3.63) is 83.0 Å². The number of hydrogen-bond donors (Lipinski definition) is 1. The highest BCUT2D eigenvalue weighted by Gasteiger charge is 2.25. The Balaban J connectivity index is 1.65. The van der Waals surface area contributed by atoms with E-state index in [1.807, 2.05) is 32.1 Å². The molecule has 4 rings (SSSR count). The highest BCUT2D eigenvalue weighted by atomic mass is 127. The lowest BCUT2D eigenvalue weighted by Crippen LogP contribution is -2.19. The molecule has 4 nitrogen and oxygen atoms in total. The highest BCUT2D eigenvalue weighted by molar-refractivity contribution is 14.1. The smallest absolute Gasteiger partial charge is 0.264 e. The molecule has 0 radical (unpaired) electrons. The largest absolute Gasteiger partial charge is 0.318 e. The molecule has 32 heavy (non-hydrogen) atoms. The standard InChI is InChI=1S/C25H23BrIN3OS/c1-13-10-20(6-7-21(13)27)30-16(4)11-18(17(30)5)12-22-24(31)29-25(32-22)28-19-8-14(2)23(26)15(3)9-19/h6-12H,1-5H3,(H,28,29,31)/b22-12+. The second-order valence-electron chi connectivity index (χ2n) is 7.97. The Hall–Kier alpha value is -1.84. The van der Waals surface area contributed by atoms with Crippen LogP contribution in [0.4, 0.5) is 5.69 Å². The van der Waals surface area contributed by atoms with Crippen LogP contribution in [-0.4, -0.2) is 15.6 Å². The third kappa shape index (κ3) is 4.61. The number of aliphatic imine (C=N–C) groups is 1. The van der Waals surface area contributed by atoms with Gasteiger partial charge in [0.15, 0.2) is 5.17 Å². The van der Waals surface area contributed by atoms with E-state index in [2.05, 4.69) is 98.4 Å². The Kier molecular flexibility index (Phi) is 6.70. The average molecular weight is 620 g/mol. The topological polar surface area (TPSA) is 46.4 Å². The minimum atomic E-state index is -0.116. The molecule has 0 bridgehead atoms. The Morgan fingerprint density at radius 1 is 1.03 bits per heavy atom. The van der Waals surface area contributed by atoms with Crippen molar-refractivity contribution >= 4 is 73.1 Å². The normalized spacial score (nSPS) is 16.3. The van der Waals surface area contributed by atoms with Gasteiger partial charge in [-0.2, -0.15) is 0 Å². The quantitative estimate of drug-likeness (QED) is 0.247. The summed E-state index contributed by atoms with van der Waals surface area (Å²) in [5.74, 6) is -0.116. The maximum Gasteiger partial charge on any atom is 0.264 e. The minimum absolute atomic E-state index is 0.116. The summed E-state index contributed by atoms with van der Waals surface area (Å²) in [6.45, 7) is 10.4. The summed E-state index contributed by atoms with van der Waals surface area (Å²) in [5.41, 5.74) is 8.73. The molecule has 0 aliphatic carbocycles. The van der Waals surface area contributed by atoms with E-state index >= 15 is 0 Å². The van der Waals surface area contributed by atoms with E-state index in [1.54, 1.807) is 0 Å². The van der Waals surface area contributed by atoms with E-state index in [1.165, 1.54) is 20.9 Å². The number of nitrogens with one attached hydrogen (secondary N) is 1. The summed E-state index contributed by atoms with van der Waals surface area (Å²) >= 11 is 7.32. The second-order valence-corrected chi connectivity index (χ2v) is 11.0. The van der Waals surface area contributed by atoms with Crippen LogP contribution in [0, 0.1) is 38.2 Å². The van der Waals surface area contributed by atoms with E-state index < -0.39 is 0 Å². The van der Waals surface area contributed by atoms with Gasteiger partial charge in [-0.1, -0.05) is 15.9 Å². The molecule has 1 aromatic heterocycles. The molecule has 3 aromatic rings. The maximum atomic E-state index is 12.6. The lowest BCUT2D eigenvalue weighted by Gasteiger charge is -2.11. The molecule has 1 aliphatic rings. The summed E-state index contributed by atoms with van der Waals surface area (Å²) in [6, 6.07) is 12.6. The summed E-state index contributed by atoms with van der Waals surface area (Å²) in [6.07, 6.45) is 1.96. The molecule has 0 unspecified atom stereocenters. The molecule has 0 atom stereocenters. The molecule has 0 saturated carbocycles. The van der Waals surface area contributed by atoms with Gasteiger partial charge in [0, 0.05) is 25.1 Å². The third-order valence-electron chi connectivity index (χ3n) is 5.46. The summed E-state index contributed by atoms with van der Waals surface area (Å²) in [7, 11) is 0. The molecule has 164 valence electrons. The van der Waals surface area contributed by atoms with Crippen LogP contribution in [0.15, 0.2) is 50.8 Å². The van der Waals surface area contributed by atoms with E-state index in [4.69, 9.17) is 0 Å². The molecule has 0 spiro atoms. The van der Waals surface area contributed by atoms with Gasteiger partial charge in [0.25, 0.3) is 5.91 Å². The van der Waals surface area contributed by atoms with Crippen molar-refractivity contribution in [2.24, 2.45) is 4.99 Å². The van der Waals surface area contributed by atoms with Crippen molar-refractivity contribution in [2.75, 3.05) is 0 Å². The SMILES string of the molecule is Cc1cc(-n2c(C)cc(/C=C3/SC(=Nc4cc(C)c(Br)c(C)c4)NC3=O)c2C)ccc1I. The average Bonchev–Trinajstić information content (AvgIpc) is 3.20. The fourth-order valence-electron chi connectivity index (χ4n) is 3.83. The van der Waals surface area contributed by atoms with Gasteiger partial charge in [-0.3, -0.25) is 4.79 Å². The van der Waals surface area contributed by atoms with Crippen LogP contribution in [0.25, 0.3) is 11.8 Å². The van der Waals surface area contributed by atoms with Crippen molar-refractivity contribution in [1.82, 2.24) is 9.88 Å². The van der Waals surface area contributed by atoms with Crippen LogP contribution in [0.5, 0.6) is 0 Å².